The highest BCUT2D eigenvalue weighted by Gasteiger charge is 2.24. The summed E-state index contributed by atoms with van der Waals surface area (Å²) in [7, 11) is 0. The molecule has 0 unspecified atom stereocenters. The first kappa shape index (κ1) is 17.5. The van der Waals surface area contributed by atoms with Crippen LogP contribution in [-0.2, 0) is 12.8 Å². The van der Waals surface area contributed by atoms with Gasteiger partial charge in [-0.3, -0.25) is 0 Å². The lowest BCUT2D eigenvalue weighted by Gasteiger charge is -2.37. The number of nitrogens with one attached hydrogen (secondary N) is 1. The van der Waals surface area contributed by atoms with Crippen LogP contribution in [0, 0.1) is 0 Å². The van der Waals surface area contributed by atoms with E-state index in [0.717, 1.165) is 18.8 Å². The Morgan fingerprint density at radius 3 is 2.46 bits per heavy atom. The van der Waals surface area contributed by atoms with Gasteiger partial charge >= 0.3 is 0 Å². The number of anilines is 1. The molecule has 2 aliphatic rings. The molecule has 0 bridgehead atoms. The first-order valence-corrected chi connectivity index (χ1v) is 10.5. The lowest BCUT2D eigenvalue weighted by Crippen LogP contribution is -2.47. The third kappa shape index (κ3) is 3.69. The molecular formula is C24H28N4. The van der Waals surface area contributed by atoms with Crippen LogP contribution >= 0.6 is 0 Å². The van der Waals surface area contributed by atoms with Gasteiger partial charge in [-0.05, 0) is 67.5 Å². The summed E-state index contributed by atoms with van der Waals surface area (Å²) in [5, 5.41) is 8.32. The molecule has 1 aromatic heterocycles. The van der Waals surface area contributed by atoms with E-state index < -0.39 is 0 Å². The number of rotatable bonds is 4. The molecule has 3 aromatic rings. The molecular weight excluding hydrogens is 344 g/mol. The van der Waals surface area contributed by atoms with Crippen molar-refractivity contribution < 1.29 is 0 Å². The first-order chi connectivity index (χ1) is 13.8. The maximum absolute atomic E-state index is 4.35. The normalized spacial score (nSPS) is 20.1. The van der Waals surface area contributed by atoms with Crippen molar-refractivity contribution in [2.45, 2.75) is 44.2 Å². The van der Waals surface area contributed by atoms with Crippen LogP contribution < -0.4 is 10.2 Å². The van der Waals surface area contributed by atoms with Crippen molar-refractivity contribution in [1.29, 1.82) is 0 Å². The summed E-state index contributed by atoms with van der Waals surface area (Å²) in [5.74, 6) is 0. The Bertz CT molecular complexity index is 910. The predicted molar refractivity (Wildman–Crippen MR) is 114 cm³/mol. The fourth-order valence-electron chi connectivity index (χ4n) is 4.73. The smallest absolute Gasteiger partial charge is 0.0666 e. The lowest BCUT2D eigenvalue weighted by atomic mass is 9.87. The molecule has 2 aromatic carbocycles. The minimum absolute atomic E-state index is 0.634. The number of benzene rings is 2. The Balaban J connectivity index is 1.18. The van der Waals surface area contributed by atoms with Crippen molar-refractivity contribution in [2.24, 2.45) is 0 Å². The second kappa shape index (κ2) is 7.80. The Labute approximate surface area is 167 Å². The predicted octanol–water partition coefficient (Wildman–Crippen LogP) is 3.99. The number of hydrogen-bond donors (Lipinski definition) is 1. The highest BCUT2D eigenvalue weighted by molar-refractivity contribution is 5.53. The van der Waals surface area contributed by atoms with E-state index in [0.29, 0.717) is 12.1 Å². The molecule has 0 radical (unpaired) electrons. The van der Waals surface area contributed by atoms with Gasteiger partial charge in [-0.25, -0.2) is 4.68 Å². The third-order valence-corrected chi connectivity index (χ3v) is 6.28. The molecule has 1 N–H and O–H groups in total. The van der Waals surface area contributed by atoms with E-state index in [4.69, 9.17) is 0 Å². The fraction of sp³-hybridized carbons (Fsp3) is 0.375. The van der Waals surface area contributed by atoms with E-state index in [-0.39, 0.29) is 0 Å². The standard InChI is InChI=1S/C24H28N4/c1-2-6-20-17-22(10-9-19(20)5-1)26-21-11-15-27(16-12-21)23-7-3-8-24(18-23)28-14-4-13-25-28/h1-8,13-14,18,21-22,26H,9-12,15-17H2/t22-/m0/s1. The van der Waals surface area contributed by atoms with Crippen molar-refractivity contribution in [2.75, 3.05) is 18.0 Å². The van der Waals surface area contributed by atoms with Crippen molar-refractivity contribution in [1.82, 2.24) is 15.1 Å². The quantitative estimate of drug-likeness (QED) is 0.752. The summed E-state index contributed by atoms with van der Waals surface area (Å²) >= 11 is 0. The van der Waals surface area contributed by atoms with Crippen LogP contribution in [0.1, 0.15) is 30.4 Å². The Kier molecular flexibility index (Phi) is 4.88. The molecule has 1 atom stereocenters. The van der Waals surface area contributed by atoms with E-state index in [1.807, 2.05) is 23.1 Å². The largest absolute Gasteiger partial charge is 0.371 e. The fourth-order valence-corrected chi connectivity index (χ4v) is 4.73. The molecule has 4 nitrogen and oxygen atoms in total. The number of nitrogens with zero attached hydrogens (tertiary/aromatic N) is 3. The number of aryl methyl sites for hydroxylation is 1. The van der Waals surface area contributed by atoms with E-state index >= 15 is 0 Å². The number of piperidine rings is 1. The van der Waals surface area contributed by atoms with E-state index in [1.54, 1.807) is 11.1 Å². The number of hydrogen-bond acceptors (Lipinski definition) is 3. The highest BCUT2D eigenvalue weighted by Crippen LogP contribution is 2.25. The van der Waals surface area contributed by atoms with Crippen LogP contribution in [-0.4, -0.2) is 35.0 Å². The zero-order valence-corrected chi connectivity index (χ0v) is 16.3. The van der Waals surface area contributed by atoms with Gasteiger partial charge in [0.1, 0.15) is 0 Å². The summed E-state index contributed by atoms with van der Waals surface area (Å²) in [6, 6.07) is 20.9. The molecule has 2 heterocycles. The average molecular weight is 373 g/mol. The van der Waals surface area contributed by atoms with E-state index in [1.165, 1.54) is 37.8 Å². The number of fused-ring (bicyclic) bond motifs is 1. The summed E-state index contributed by atoms with van der Waals surface area (Å²) < 4.78 is 1.93. The molecule has 1 aliphatic carbocycles. The summed E-state index contributed by atoms with van der Waals surface area (Å²) in [5.41, 5.74) is 5.52. The molecule has 1 fully saturated rings. The highest BCUT2D eigenvalue weighted by atomic mass is 15.3. The molecule has 28 heavy (non-hydrogen) atoms. The van der Waals surface area contributed by atoms with Gasteiger partial charge in [0.25, 0.3) is 0 Å². The van der Waals surface area contributed by atoms with Gasteiger partial charge in [0.2, 0.25) is 0 Å². The molecule has 5 rings (SSSR count). The van der Waals surface area contributed by atoms with Crippen molar-refractivity contribution in [3.63, 3.8) is 0 Å². The lowest BCUT2D eigenvalue weighted by molar-refractivity contribution is 0.345. The molecule has 1 saturated heterocycles. The van der Waals surface area contributed by atoms with Crippen LogP contribution in [0.4, 0.5) is 5.69 Å². The van der Waals surface area contributed by atoms with Gasteiger partial charge in [-0.1, -0.05) is 30.3 Å². The first-order valence-electron chi connectivity index (χ1n) is 10.5. The SMILES string of the molecule is c1cc(N2CCC(N[C@H]3CCc4ccccc4C3)CC2)cc(-n2cccn2)c1. The van der Waals surface area contributed by atoms with E-state index in [9.17, 15) is 0 Å². The van der Waals surface area contributed by atoms with Gasteiger partial charge in [0, 0.05) is 43.3 Å². The molecule has 1 aliphatic heterocycles. The molecule has 0 amide bonds. The summed E-state index contributed by atoms with van der Waals surface area (Å²) in [6.45, 7) is 2.23. The maximum atomic E-state index is 4.35. The minimum Gasteiger partial charge on any atom is -0.371 e. The van der Waals surface area contributed by atoms with Gasteiger partial charge in [-0.2, -0.15) is 5.10 Å². The second-order valence-electron chi connectivity index (χ2n) is 8.11. The van der Waals surface area contributed by atoms with Crippen LogP contribution in [0.5, 0.6) is 0 Å². The maximum Gasteiger partial charge on any atom is 0.0666 e. The Morgan fingerprint density at radius 2 is 1.64 bits per heavy atom. The third-order valence-electron chi connectivity index (χ3n) is 6.28. The minimum atomic E-state index is 0.634. The Hall–Kier alpha value is -2.59. The van der Waals surface area contributed by atoms with Crippen molar-refractivity contribution in [3.05, 3.63) is 78.1 Å². The van der Waals surface area contributed by atoms with Gasteiger partial charge in [-0.15, -0.1) is 0 Å². The summed E-state index contributed by atoms with van der Waals surface area (Å²) in [6.07, 6.45) is 9.91. The Morgan fingerprint density at radius 1 is 0.821 bits per heavy atom. The molecule has 0 saturated carbocycles. The average Bonchev–Trinajstić information content (AvgIpc) is 3.29. The number of aromatic nitrogens is 2. The second-order valence-corrected chi connectivity index (χ2v) is 8.11. The van der Waals surface area contributed by atoms with Gasteiger partial charge in [0.05, 0.1) is 5.69 Å². The van der Waals surface area contributed by atoms with Crippen LogP contribution in [0.3, 0.4) is 0 Å². The summed E-state index contributed by atoms with van der Waals surface area (Å²) in [4.78, 5) is 2.52. The topological polar surface area (TPSA) is 33.1 Å². The zero-order chi connectivity index (χ0) is 18.8. The van der Waals surface area contributed by atoms with Gasteiger partial charge < -0.3 is 10.2 Å². The zero-order valence-electron chi connectivity index (χ0n) is 16.3. The van der Waals surface area contributed by atoms with Crippen molar-refractivity contribution >= 4 is 5.69 Å². The molecule has 144 valence electrons. The molecule has 4 heteroatoms. The van der Waals surface area contributed by atoms with Crippen LogP contribution in [0.15, 0.2) is 67.0 Å². The van der Waals surface area contributed by atoms with E-state index in [2.05, 4.69) is 63.8 Å². The van der Waals surface area contributed by atoms with Gasteiger partial charge in [0.15, 0.2) is 0 Å². The molecule has 0 spiro atoms. The monoisotopic (exact) mass is 372 g/mol. The van der Waals surface area contributed by atoms with Crippen LogP contribution in [0.2, 0.25) is 0 Å². The van der Waals surface area contributed by atoms with Crippen LogP contribution in [0.25, 0.3) is 5.69 Å². The van der Waals surface area contributed by atoms with Crippen molar-refractivity contribution in [3.8, 4) is 5.69 Å².